The molecule has 0 fully saturated rings. The van der Waals surface area contributed by atoms with Crippen molar-refractivity contribution >= 4 is 33.8 Å². The number of halogens is 1. The highest BCUT2D eigenvalue weighted by molar-refractivity contribution is 9.10. The average Bonchev–Trinajstić information content (AvgIpc) is 2.52. The number of methoxy groups -OCH3 is 1. The van der Waals surface area contributed by atoms with E-state index in [-0.39, 0.29) is 5.56 Å². The summed E-state index contributed by atoms with van der Waals surface area (Å²) in [5.41, 5.74) is 0.175. The van der Waals surface area contributed by atoms with Gasteiger partial charge in [-0.3, -0.25) is 10.1 Å². The Morgan fingerprint density at radius 2 is 1.96 bits per heavy atom. The molecule has 0 bridgehead atoms. The molecule has 1 aromatic carbocycles. The minimum atomic E-state index is -0.740. The van der Waals surface area contributed by atoms with Gasteiger partial charge in [0.25, 0.3) is 5.91 Å². The van der Waals surface area contributed by atoms with Crippen molar-refractivity contribution in [1.82, 2.24) is 10.6 Å². The van der Waals surface area contributed by atoms with Crippen LogP contribution in [0.4, 0.5) is 4.79 Å². The lowest BCUT2D eigenvalue weighted by Crippen LogP contribution is -2.39. The van der Waals surface area contributed by atoms with Gasteiger partial charge in [-0.1, -0.05) is 0 Å². The smallest absolute Gasteiger partial charge is 0.338 e. The summed E-state index contributed by atoms with van der Waals surface area (Å²) in [4.78, 5) is 34.3. The van der Waals surface area contributed by atoms with E-state index in [9.17, 15) is 14.4 Å². The maximum atomic E-state index is 12.0. The van der Waals surface area contributed by atoms with E-state index in [4.69, 9.17) is 14.2 Å². The third-order valence-corrected chi connectivity index (χ3v) is 3.15. The summed E-state index contributed by atoms with van der Waals surface area (Å²) >= 11 is 3.27. The average molecular weight is 389 g/mol. The summed E-state index contributed by atoms with van der Waals surface area (Å²) in [5, 5.41) is 4.19. The summed E-state index contributed by atoms with van der Waals surface area (Å²) in [6, 6.07) is 2.25. The number of carbonyl (C=O) groups excluding carboxylic acids is 3. The first-order valence-corrected chi connectivity index (χ1v) is 7.41. The minimum Gasteiger partial charge on any atom is -0.492 e. The fourth-order valence-corrected chi connectivity index (χ4v) is 2.19. The van der Waals surface area contributed by atoms with Crippen molar-refractivity contribution in [2.24, 2.45) is 0 Å². The van der Waals surface area contributed by atoms with E-state index >= 15 is 0 Å². The fraction of sp³-hybridized carbons (Fsp3) is 0.357. The van der Waals surface area contributed by atoms with E-state index in [0.717, 1.165) is 0 Å². The van der Waals surface area contributed by atoms with E-state index in [1.807, 2.05) is 5.32 Å². The van der Waals surface area contributed by atoms with Crippen LogP contribution in [0.5, 0.6) is 11.5 Å². The highest BCUT2D eigenvalue weighted by Crippen LogP contribution is 2.36. The van der Waals surface area contributed by atoms with Gasteiger partial charge in [0.2, 0.25) is 0 Å². The molecule has 0 heterocycles. The number of amides is 3. The molecule has 3 amide bonds. The van der Waals surface area contributed by atoms with Crippen LogP contribution in [0.2, 0.25) is 0 Å². The van der Waals surface area contributed by atoms with Crippen molar-refractivity contribution < 1.29 is 28.6 Å². The summed E-state index contributed by atoms with van der Waals surface area (Å²) in [7, 11) is 2.84. The summed E-state index contributed by atoms with van der Waals surface area (Å²) in [6.45, 7) is 1.59. The van der Waals surface area contributed by atoms with Gasteiger partial charge in [0.1, 0.15) is 0 Å². The molecule has 23 heavy (non-hydrogen) atoms. The Morgan fingerprint density at radius 1 is 1.26 bits per heavy atom. The topological polar surface area (TPSA) is 103 Å². The van der Waals surface area contributed by atoms with Gasteiger partial charge in [-0.2, -0.15) is 0 Å². The van der Waals surface area contributed by atoms with Crippen molar-refractivity contribution in [3.8, 4) is 11.5 Å². The number of nitrogens with one attached hydrogen (secondary N) is 2. The van der Waals surface area contributed by atoms with Crippen LogP contribution in [0.15, 0.2) is 16.6 Å². The Morgan fingerprint density at radius 3 is 2.52 bits per heavy atom. The Labute approximate surface area is 141 Å². The van der Waals surface area contributed by atoms with Crippen LogP contribution in [-0.2, 0) is 9.53 Å². The summed E-state index contributed by atoms with van der Waals surface area (Å²) in [6.07, 6.45) is 0. The zero-order valence-corrected chi connectivity index (χ0v) is 14.5. The molecule has 0 unspecified atom stereocenters. The van der Waals surface area contributed by atoms with E-state index in [1.54, 1.807) is 6.92 Å². The zero-order valence-electron chi connectivity index (χ0n) is 12.9. The van der Waals surface area contributed by atoms with Gasteiger partial charge in [0, 0.05) is 7.05 Å². The molecular formula is C14H17BrN2O6. The Kier molecular flexibility index (Phi) is 7.33. The first-order chi connectivity index (χ1) is 10.9. The number of carbonyl (C=O) groups is 3. The summed E-state index contributed by atoms with van der Waals surface area (Å²) in [5.74, 6) is -0.663. The second-order valence-corrected chi connectivity index (χ2v) is 4.98. The number of hydrogen-bond acceptors (Lipinski definition) is 6. The molecule has 0 atom stereocenters. The SMILES string of the molecule is CCOc1cc(C(=O)OCC(=O)NC(=O)NC)cc(Br)c1OC. The van der Waals surface area contributed by atoms with Crippen LogP contribution in [0.3, 0.4) is 0 Å². The molecule has 126 valence electrons. The molecule has 0 radical (unpaired) electrons. The van der Waals surface area contributed by atoms with E-state index < -0.39 is 24.5 Å². The van der Waals surface area contributed by atoms with Crippen molar-refractivity contribution in [2.45, 2.75) is 6.92 Å². The normalized spacial score (nSPS) is 9.74. The predicted octanol–water partition coefficient (Wildman–Crippen LogP) is 1.47. The van der Waals surface area contributed by atoms with E-state index in [0.29, 0.717) is 22.6 Å². The van der Waals surface area contributed by atoms with Gasteiger partial charge >= 0.3 is 12.0 Å². The molecule has 9 heteroatoms. The van der Waals surface area contributed by atoms with E-state index in [2.05, 4.69) is 21.2 Å². The zero-order chi connectivity index (χ0) is 17.4. The van der Waals surface area contributed by atoms with Crippen LogP contribution >= 0.6 is 15.9 Å². The minimum absolute atomic E-state index is 0.175. The molecular weight excluding hydrogens is 372 g/mol. The van der Waals surface area contributed by atoms with Crippen LogP contribution in [0, 0.1) is 0 Å². The van der Waals surface area contributed by atoms with Crippen molar-refractivity contribution in [1.29, 1.82) is 0 Å². The molecule has 0 aliphatic carbocycles. The predicted molar refractivity (Wildman–Crippen MR) is 84.7 cm³/mol. The molecule has 0 aromatic heterocycles. The lowest BCUT2D eigenvalue weighted by Gasteiger charge is -2.13. The van der Waals surface area contributed by atoms with Crippen LogP contribution in [0.1, 0.15) is 17.3 Å². The van der Waals surface area contributed by atoms with Gasteiger partial charge < -0.3 is 19.5 Å². The number of imide groups is 1. The molecule has 1 aromatic rings. The third-order valence-electron chi connectivity index (χ3n) is 2.56. The van der Waals surface area contributed by atoms with Crippen molar-refractivity contribution in [3.05, 3.63) is 22.2 Å². The van der Waals surface area contributed by atoms with Gasteiger partial charge in [-0.05, 0) is 35.0 Å². The Bertz CT molecular complexity index is 605. The first kappa shape index (κ1) is 18.8. The Hall–Kier alpha value is -2.29. The lowest BCUT2D eigenvalue weighted by molar-refractivity contribution is -0.123. The van der Waals surface area contributed by atoms with Gasteiger partial charge in [0.05, 0.1) is 23.8 Å². The molecule has 0 spiro atoms. The highest BCUT2D eigenvalue weighted by Gasteiger charge is 2.17. The molecule has 1 rings (SSSR count). The second-order valence-electron chi connectivity index (χ2n) is 4.13. The molecule has 2 N–H and O–H groups in total. The quantitative estimate of drug-likeness (QED) is 0.715. The fourth-order valence-electron chi connectivity index (χ4n) is 1.59. The van der Waals surface area contributed by atoms with Gasteiger partial charge in [-0.15, -0.1) is 0 Å². The first-order valence-electron chi connectivity index (χ1n) is 6.61. The molecule has 8 nitrogen and oxygen atoms in total. The van der Waals surface area contributed by atoms with Crippen LogP contribution in [-0.4, -0.2) is 45.3 Å². The van der Waals surface area contributed by atoms with Crippen LogP contribution < -0.4 is 20.1 Å². The molecule has 0 aliphatic heterocycles. The molecule has 0 aliphatic rings. The molecule has 0 saturated carbocycles. The van der Waals surface area contributed by atoms with Crippen molar-refractivity contribution in [2.75, 3.05) is 27.4 Å². The van der Waals surface area contributed by atoms with Crippen molar-refractivity contribution in [3.63, 3.8) is 0 Å². The molecule has 0 saturated heterocycles. The maximum absolute atomic E-state index is 12.0. The summed E-state index contributed by atoms with van der Waals surface area (Å²) < 4.78 is 15.9. The number of hydrogen-bond donors (Lipinski definition) is 2. The third kappa shape index (κ3) is 5.44. The van der Waals surface area contributed by atoms with Crippen LogP contribution in [0.25, 0.3) is 0 Å². The second kappa shape index (κ2) is 8.99. The standard InChI is InChI=1S/C14H17BrN2O6/c1-4-22-10-6-8(5-9(15)12(10)21-3)13(19)23-7-11(18)17-14(20)16-2/h5-6H,4,7H2,1-3H3,(H2,16,17,18,20). The van der Waals surface area contributed by atoms with E-state index in [1.165, 1.54) is 26.3 Å². The van der Waals surface area contributed by atoms with Gasteiger partial charge in [-0.25, -0.2) is 9.59 Å². The number of urea groups is 1. The lowest BCUT2D eigenvalue weighted by atomic mass is 10.2. The largest absolute Gasteiger partial charge is 0.492 e. The Balaban J connectivity index is 2.80. The maximum Gasteiger partial charge on any atom is 0.338 e. The monoisotopic (exact) mass is 388 g/mol. The van der Waals surface area contributed by atoms with Gasteiger partial charge in [0.15, 0.2) is 18.1 Å². The number of ether oxygens (including phenoxy) is 3. The highest BCUT2D eigenvalue weighted by atomic mass is 79.9. The number of benzene rings is 1. The number of esters is 1. The number of rotatable bonds is 6.